The third-order valence-corrected chi connectivity index (χ3v) is 7.35. The number of nitrogens with zero attached hydrogens (tertiary/aromatic N) is 1. The molecule has 2 N–H and O–H groups in total. The zero-order chi connectivity index (χ0) is 25.1. The summed E-state index contributed by atoms with van der Waals surface area (Å²) >= 11 is 5.83. The van der Waals surface area contributed by atoms with Crippen molar-refractivity contribution in [3.8, 4) is 0 Å². The van der Waals surface area contributed by atoms with Crippen molar-refractivity contribution in [3.63, 3.8) is 0 Å². The Morgan fingerprint density at radius 2 is 1.36 bits per heavy atom. The summed E-state index contributed by atoms with van der Waals surface area (Å²) in [7, 11) is -3.78. The van der Waals surface area contributed by atoms with E-state index in [4.69, 9.17) is 11.6 Å². The number of hydrogen-bond acceptors (Lipinski definition) is 4. The molecule has 0 aliphatic rings. The van der Waals surface area contributed by atoms with E-state index in [1.165, 1.54) is 48.5 Å². The highest BCUT2D eigenvalue weighted by atomic mass is 35.5. The Morgan fingerprint density at radius 1 is 0.778 bits per heavy atom. The van der Waals surface area contributed by atoms with Crippen LogP contribution >= 0.6 is 11.6 Å². The molecule has 0 bridgehead atoms. The summed E-state index contributed by atoms with van der Waals surface area (Å²) in [6, 6.07) is 30.1. The molecule has 0 aliphatic heterocycles. The maximum Gasteiger partial charge on any atom is 0.271 e. The number of sulfonamides is 1. The highest BCUT2D eigenvalue weighted by Gasteiger charge is 2.14. The molecule has 0 spiro atoms. The van der Waals surface area contributed by atoms with Crippen LogP contribution in [0.4, 0.5) is 5.69 Å². The molecule has 0 aromatic heterocycles. The molecule has 0 saturated heterocycles. The van der Waals surface area contributed by atoms with Gasteiger partial charge in [0.2, 0.25) is 0 Å². The Kier molecular flexibility index (Phi) is 6.41. The number of fused-ring (bicyclic) bond motifs is 2. The lowest BCUT2D eigenvalue weighted by atomic mass is 9.97. The second kappa shape index (κ2) is 9.81. The van der Waals surface area contributed by atoms with Gasteiger partial charge in [0, 0.05) is 21.8 Å². The van der Waals surface area contributed by atoms with E-state index in [0.29, 0.717) is 16.3 Å². The first-order valence-corrected chi connectivity index (χ1v) is 12.9. The van der Waals surface area contributed by atoms with Gasteiger partial charge >= 0.3 is 0 Å². The van der Waals surface area contributed by atoms with E-state index in [1.807, 2.05) is 48.5 Å². The average Bonchev–Trinajstić information content (AvgIpc) is 2.88. The quantitative estimate of drug-likeness (QED) is 0.161. The van der Waals surface area contributed by atoms with Gasteiger partial charge in [0.15, 0.2) is 0 Å². The number of amides is 1. The minimum Gasteiger partial charge on any atom is -0.280 e. The summed E-state index contributed by atoms with van der Waals surface area (Å²) in [5.41, 5.74) is 4.13. The zero-order valence-electron chi connectivity index (χ0n) is 18.9. The Bertz CT molecular complexity index is 1660. The number of rotatable bonds is 6. The third kappa shape index (κ3) is 4.93. The fourth-order valence-electron chi connectivity index (χ4n) is 3.93. The molecular weight excluding hydrogens is 494 g/mol. The third-order valence-electron chi connectivity index (χ3n) is 5.70. The van der Waals surface area contributed by atoms with Gasteiger partial charge < -0.3 is 0 Å². The maximum atomic E-state index is 12.6. The lowest BCUT2D eigenvalue weighted by Gasteiger charge is -2.09. The number of carbonyl (C=O) groups is 1. The van der Waals surface area contributed by atoms with Gasteiger partial charge in [-0.2, -0.15) is 5.10 Å². The molecule has 5 rings (SSSR count). The van der Waals surface area contributed by atoms with E-state index in [-0.39, 0.29) is 4.90 Å². The second-order valence-electron chi connectivity index (χ2n) is 8.07. The molecule has 36 heavy (non-hydrogen) atoms. The number of halogens is 1. The Morgan fingerprint density at radius 3 is 1.97 bits per heavy atom. The number of anilines is 1. The van der Waals surface area contributed by atoms with Crippen molar-refractivity contribution in [1.29, 1.82) is 0 Å². The lowest BCUT2D eigenvalue weighted by Crippen LogP contribution is -2.18. The van der Waals surface area contributed by atoms with Gasteiger partial charge in [0.1, 0.15) is 0 Å². The van der Waals surface area contributed by atoms with Crippen molar-refractivity contribution in [3.05, 3.63) is 119 Å². The van der Waals surface area contributed by atoms with Crippen LogP contribution in [0.2, 0.25) is 5.02 Å². The van der Waals surface area contributed by atoms with Crippen molar-refractivity contribution in [1.82, 2.24) is 5.43 Å². The van der Waals surface area contributed by atoms with Crippen LogP contribution in [-0.4, -0.2) is 20.5 Å². The summed E-state index contributed by atoms with van der Waals surface area (Å²) in [6.07, 6.45) is 1.65. The second-order valence-corrected chi connectivity index (χ2v) is 10.2. The van der Waals surface area contributed by atoms with Crippen LogP contribution in [0.5, 0.6) is 0 Å². The van der Waals surface area contributed by atoms with E-state index >= 15 is 0 Å². The first kappa shape index (κ1) is 23.5. The van der Waals surface area contributed by atoms with Crippen molar-refractivity contribution in [2.24, 2.45) is 5.10 Å². The molecule has 0 radical (unpaired) electrons. The summed E-state index contributed by atoms with van der Waals surface area (Å²) in [5, 5.41) is 8.88. The topological polar surface area (TPSA) is 87.6 Å². The van der Waals surface area contributed by atoms with Crippen LogP contribution in [0.15, 0.2) is 113 Å². The monoisotopic (exact) mass is 513 g/mol. The van der Waals surface area contributed by atoms with E-state index in [2.05, 4.69) is 21.3 Å². The molecular formula is C28H20ClN3O3S. The van der Waals surface area contributed by atoms with E-state index < -0.39 is 15.9 Å². The summed E-state index contributed by atoms with van der Waals surface area (Å²) in [6.45, 7) is 0. The molecule has 6 nitrogen and oxygen atoms in total. The number of carbonyl (C=O) groups excluding carboxylic acids is 1. The highest BCUT2D eigenvalue weighted by Crippen LogP contribution is 2.27. The Balaban J connectivity index is 1.32. The number of nitrogens with one attached hydrogen (secondary N) is 2. The van der Waals surface area contributed by atoms with E-state index in [0.717, 1.165) is 27.1 Å². The standard InChI is InChI=1S/C28H20ClN3O3S/c29-22-11-15-24(16-12-22)36(34,35)32-23-13-9-19(10-14-23)28(33)31-30-18-27-25-7-3-1-5-20(25)17-21-6-2-4-8-26(21)27/h1-18,32H,(H,31,33)/b30-18-. The van der Waals surface area contributed by atoms with Gasteiger partial charge in [-0.15, -0.1) is 0 Å². The molecule has 0 aliphatic carbocycles. The largest absolute Gasteiger partial charge is 0.280 e. The maximum absolute atomic E-state index is 12.6. The van der Waals surface area contributed by atoms with Crippen LogP contribution in [-0.2, 0) is 10.0 Å². The molecule has 0 atom stereocenters. The van der Waals surface area contributed by atoms with Crippen molar-refractivity contribution >= 4 is 61.0 Å². The van der Waals surface area contributed by atoms with E-state index in [9.17, 15) is 13.2 Å². The molecule has 0 heterocycles. The predicted octanol–water partition coefficient (Wildman–Crippen LogP) is 6.21. The first-order chi connectivity index (χ1) is 17.4. The predicted molar refractivity (Wildman–Crippen MR) is 145 cm³/mol. The van der Waals surface area contributed by atoms with Gasteiger partial charge in [-0.25, -0.2) is 13.8 Å². The van der Waals surface area contributed by atoms with Crippen LogP contribution in [0.3, 0.4) is 0 Å². The molecule has 178 valence electrons. The molecule has 0 unspecified atom stereocenters. The summed E-state index contributed by atoms with van der Waals surface area (Å²) in [5.74, 6) is -0.414. The molecule has 5 aromatic rings. The van der Waals surface area contributed by atoms with Crippen molar-refractivity contribution < 1.29 is 13.2 Å². The minimum absolute atomic E-state index is 0.0871. The highest BCUT2D eigenvalue weighted by molar-refractivity contribution is 7.92. The molecule has 0 fully saturated rings. The Labute approximate surface area is 213 Å². The normalized spacial score (nSPS) is 11.7. The molecule has 8 heteroatoms. The minimum atomic E-state index is -3.78. The van der Waals surface area contributed by atoms with Crippen LogP contribution in [0, 0.1) is 0 Å². The van der Waals surface area contributed by atoms with Crippen molar-refractivity contribution in [2.45, 2.75) is 4.90 Å². The smallest absolute Gasteiger partial charge is 0.271 e. The molecule has 0 saturated carbocycles. The van der Waals surface area contributed by atoms with Crippen molar-refractivity contribution in [2.75, 3.05) is 4.72 Å². The molecule has 5 aromatic carbocycles. The summed E-state index contributed by atoms with van der Waals surface area (Å²) in [4.78, 5) is 12.7. The molecule has 1 amide bonds. The summed E-state index contributed by atoms with van der Waals surface area (Å²) < 4.78 is 27.6. The van der Waals surface area contributed by atoms with Gasteiger partial charge in [-0.3, -0.25) is 9.52 Å². The van der Waals surface area contributed by atoms with Gasteiger partial charge in [0.25, 0.3) is 15.9 Å². The number of hydrogen-bond donors (Lipinski definition) is 2. The number of hydrazone groups is 1. The SMILES string of the molecule is O=C(N/N=C\c1c2ccccc2cc2ccccc12)c1ccc(NS(=O)(=O)c2ccc(Cl)cc2)cc1. The average molecular weight is 514 g/mol. The Hall–Kier alpha value is -4.20. The van der Waals surface area contributed by atoms with Crippen LogP contribution in [0.25, 0.3) is 21.5 Å². The number of benzene rings is 5. The van der Waals surface area contributed by atoms with Gasteiger partial charge in [-0.1, -0.05) is 60.1 Å². The van der Waals surface area contributed by atoms with E-state index in [1.54, 1.807) is 6.21 Å². The fourth-order valence-corrected chi connectivity index (χ4v) is 5.11. The van der Waals surface area contributed by atoms with Crippen LogP contribution < -0.4 is 10.1 Å². The van der Waals surface area contributed by atoms with Gasteiger partial charge in [-0.05, 0) is 76.1 Å². The first-order valence-electron chi connectivity index (χ1n) is 11.0. The van der Waals surface area contributed by atoms with Crippen LogP contribution in [0.1, 0.15) is 15.9 Å². The zero-order valence-corrected chi connectivity index (χ0v) is 20.4. The fraction of sp³-hybridized carbons (Fsp3) is 0. The lowest BCUT2D eigenvalue weighted by molar-refractivity contribution is 0.0955. The van der Waals surface area contributed by atoms with Gasteiger partial charge in [0.05, 0.1) is 11.1 Å².